The molecule has 0 saturated heterocycles. The van der Waals surface area contributed by atoms with E-state index in [-0.39, 0.29) is 12.0 Å². The lowest BCUT2D eigenvalue weighted by atomic mass is 10.3. The van der Waals surface area contributed by atoms with Gasteiger partial charge in [0.2, 0.25) is 0 Å². The summed E-state index contributed by atoms with van der Waals surface area (Å²) >= 11 is 0. The van der Waals surface area contributed by atoms with Gasteiger partial charge in [0.25, 0.3) is 5.91 Å². The van der Waals surface area contributed by atoms with Gasteiger partial charge in [0.05, 0.1) is 0 Å². The van der Waals surface area contributed by atoms with Crippen molar-refractivity contribution in [3.05, 3.63) is 12.7 Å². The lowest BCUT2D eigenvalue weighted by molar-refractivity contribution is -0.140. The third-order valence-corrected chi connectivity index (χ3v) is 1.70. The number of hydrogen-bond donors (Lipinski definition) is 0. The maximum atomic E-state index is 11.5. The molecule has 3 nitrogen and oxygen atoms in total. The Bertz CT molecular complexity index is 168. The second kappa shape index (κ2) is 6.66. The minimum Gasteiger partial charge on any atom is -0.369 e. The van der Waals surface area contributed by atoms with E-state index in [2.05, 4.69) is 6.58 Å². The molecule has 0 rings (SSSR count). The molecule has 3 heteroatoms. The van der Waals surface area contributed by atoms with Crippen molar-refractivity contribution in [1.29, 1.82) is 0 Å². The molecule has 0 heterocycles. The highest BCUT2D eigenvalue weighted by Crippen LogP contribution is 1.98. The molecule has 1 unspecified atom stereocenters. The van der Waals surface area contributed by atoms with Gasteiger partial charge in [-0.05, 0) is 13.3 Å². The van der Waals surface area contributed by atoms with Crippen LogP contribution in [0.5, 0.6) is 0 Å². The molecule has 13 heavy (non-hydrogen) atoms. The highest BCUT2D eigenvalue weighted by molar-refractivity contribution is 5.80. The first-order valence-corrected chi connectivity index (χ1v) is 4.61. The molecule has 0 aliphatic rings. The summed E-state index contributed by atoms with van der Waals surface area (Å²) in [6.45, 7) is 8.57. The molecule has 1 atom stereocenters. The number of amides is 1. The van der Waals surface area contributed by atoms with E-state index < -0.39 is 0 Å². The van der Waals surface area contributed by atoms with Gasteiger partial charge in [-0.25, -0.2) is 0 Å². The first-order valence-electron chi connectivity index (χ1n) is 4.61. The summed E-state index contributed by atoms with van der Waals surface area (Å²) < 4.78 is 5.29. The average Bonchev–Trinajstić information content (AvgIpc) is 2.13. The van der Waals surface area contributed by atoms with Crippen LogP contribution in [0.15, 0.2) is 12.7 Å². The van der Waals surface area contributed by atoms with Crippen molar-refractivity contribution in [2.75, 3.05) is 20.2 Å². The van der Waals surface area contributed by atoms with Gasteiger partial charge in [-0.15, -0.1) is 6.58 Å². The largest absolute Gasteiger partial charge is 0.369 e. The topological polar surface area (TPSA) is 29.5 Å². The van der Waals surface area contributed by atoms with Crippen molar-refractivity contribution in [2.24, 2.45) is 0 Å². The Morgan fingerprint density at radius 1 is 1.69 bits per heavy atom. The van der Waals surface area contributed by atoms with Gasteiger partial charge in [0, 0.05) is 20.2 Å². The zero-order valence-corrected chi connectivity index (χ0v) is 8.75. The average molecular weight is 185 g/mol. The molecule has 0 aromatic heterocycles. The molecule has 0 aliphatic heterocycles. The van der Waals surface area contributed by atoms with E-state index in [0.717, 1.165) is 6.42 Å². The minimum atomic E-state index is -0.343. The number of nitrogens with zero attached hydrogens (tertiary/aromatic N) is 1. The predicted octanol–water partition coefficient (Wildman–Crippen LogP) is 1.45. The van der Waals surface area contributed by atoms with Crippen molar-refractivity contribution in [3.8, 4) is 0 Å². The van der Waals surface area contributed by atoms with Crippen LogP contribution in [0.1, 0.15) is 20.3 Å². The third-order valence-electron chi connectivity index (χ3n) is 1.70. The van der Waals surface area contributed by atoms with E-state index in [1.807, 2.05) is 6.92 Å². The van der Waals surface area contributed by atoms with Crippen LogP contribution in [0.3, 0.4) is 0 Å². The first-order chi connectivity index (χ1) is 6.13. The SMILES string of the molecule is C=CCN(C)C(=O)C(C)OCCC. The monoisotopic (exact) mass is 185 g/mol. The van der Waals surface area contributed by atoms with E-state index in [1.54, 1.807) is 24.9 Å². The van der Waals surface area contributed by atoms with Crippen molar-refractivity contribution in [3.63, 3.8) is 0 Å². The quantitative estimate of drug-likeness (QED) is 0.586. The van der Waals surface area contributed by atoms with Gasteiger partial charge in [-0.3, -0.25) is 4.79 Å². The van der Waals surface area contributed by atoms with E-state index in [1.165, 1.54) is 0 Å². The summed E-state index contributed by atoms with van der Waals surface area (Å²) in [6, 6.07) is 0. The normalized spacial score (nSPS) is 12.2. The van der Waals surface area contributed by atoms with Gasteiger partial charge < -0.3 is 9.64 Å². The van der Waals surface area contributed by atoms with Gasteiger partial charge in [0.1, 0.15) is 6.10 Å². The Kier molecular flexibility index (Phi) is 6.24. The van der Waals surface area contributed by atoms with Crippen molar-refractivity contribution >= 4 is 5.91 Å². The van der Waals surface area contributed by atoms with Crippen LogP contribution in [0, 0.1) is 0 Å². The van der Waals surface area contributed by atoms with Gasteiger partial charge >= 0.3 is 0 Å². The number of carbonyl (C=O) groups excluding carboxylic acids is 1. The Morgan fingerprint density at radius 2 is 2.31 bits per heavy atom. The summed E-state index contributed by atoms with van der Waals surface area (Å²) in [5, 5.41) is 0. The molecule has 0 N–H and O–H groups in total. The third kappa shape index (κ3) is 4.68. The van der Waals surface area contributed by atoms with Crippen LogP contribution in [0.2, 0.25) is 0 Å². The molecule has 0 aromatic rings. The van der Waals surface area contributed by atoms with E-state index in [0.29, 0.717) is 13.2 Å². The molecule has 0 saturated carbocycles. The Morgan fingerprint density at radius 3 is 2.77 bits per heavy atom. The van der Waals surface area contributed by atoms with Crippen molar-refractivity contribution < 1.29 is 9.53 Å². The van der Waals surface area contributed by atoms with Crippen molar-refractivity contribution in [1.82, 2.24) is 4.90 Å². The maximum Gasteiger partial charge on any atom is 0.251 e. The molecule has 0 spiro atoms. The predicted molar refractivity (Wildman–Crippen MR) is 53.5 cm³/mol. The summed E-state index contributed by atoms with van der Waals surface area (Å²) in [4.78, 5) is 13.1. The van der Waals surface area contributed by atoms with Crippen LogP contribution in [0.25, 0.3) is 0 Å². The zero-order chi connectivity index (χ0) is 10.3. The molecule has 0 fully saturated rings. The summed E-state index contributed by atoms with van der Waals surface area (Å²) in [6.07, 6.45) is 2.29. The molecule has 0 aliphatic carbocycles. The molecule has 76 valence electrons. The molecule has 0 bridgehead atoms. The minimum absolute atomic E-state index is 0.00773. The highest BCUT2D eigenvalue weighted by atomic mass is 16.5. The smallest absolute Gasteiger partial charge is 0.251 e. The van der Waals surface area contributed by atoms with Crippen LogP contribution in [0.4, 0.5) is 0 Å². The lowest BCUT2D eigenvalue weighted by Gasteiger charge is -2.19. The number of ether oxygens (including phenoxy) is 1. The number of carbonyl (C=O) groups is 1. The Labute approximate surface area is 80.4 Å². The fraction of sp³-hybridized carbons (Fsp3) is 0.700. The highest BCUT2D eigenvalue weighted by Gasteiger charge is 2.16. The summed E-state index contributed by atoms with van der Waals surface area (Å²) in [5.74, 6) is 0.00773. The van der Waals surface area contributed by atoms with Gasteiger partial charge in [0.15, 0.2) is 0 Å². The number of likely N-dealkylation sites (N-methyl/N-ethyl adjacent to an activating group) is 1. The zero-order valence-electron chi connectivity index (χ0n) is 8.75. The molecular weight excluding hydrogens is 166 g/mol. The molecule has 0 aromatic carbocycles. The number of rotatable bonds is 6. The van der Waals surface area contributed by atoms with E-state index in [4.69, 9.17) is 4.74 Å². The molecule has 1 amide bonds. The summed E-state index contributed by atoms with van der Waals surface area (Å²) in [5.41, 5.74) is 0. The Balaban J connectivity index is 3.86. The standard InChI is InChI=1S/C10H19NO2/c1-5-7-11(4)10(12)9(3)13-8-6-2/h5,9H,1,6-8H2,2-4H3. The molecular formula is C10H19NO2. The van der Waals surface area contributed by atoms with Gasteiger partial charge in [-0.1, -0.05) is 13.0 Å². The molecule has 0 radical (unpaired) electrons. The van der Waals surface area contributed by atoms with Crippen LogP contribution >= 0.6 is 0 Å². The fourth-order valence-corrected chi connectivity index (χ4v) is 0.960. The van der Waals surface area contributed by atoms with E-state index >= 15 is 0 Å². The maximum absolute atomic E-state index is 11.5. The first kappa shape index (κ1) is 12.2. The second-order valence-electron chi connectivity index (χ2n) is 3.02. The number of hydrogen-bond acceptors (Lipinski definition) is 2. The summed E-state index contributed by atoms with van der Waals surface area (Å²) in [7, 11) is 1.75. The fourth-order valence-electron chi connectivity index (χ4n) is 0.960. The van der Waals surface area contributed by atoms with E-state index in [9.17, 15) is 4.79 Å². The van der Waals surface area contributed by atoms with Crippen LogP contribution in [-0.4, -0.2) is 37.1 Å². The van der Waals surface area contributed by atoms with Crippen molar-refractivity contribution in [2.45, 2.75) is 26.4 Å². The lowest BCUT2D eigenvalue weighted by Crippen LogP contribution is -2.36. The van der Waals surface area contributed by atoms with Gasteiger partial charge in [-0.2, -0.15) is 0 Å². The van der Waals surface area contributed by atoms with Crippen LogP contribution < -0.4 is 0 Å². The second-order valence-corrected chi connectivity index (χ2v) is 3.02. The Hall–Kier alpha value is -0.830. The van der Waals surface area contributed by atoms with Crippen LogP contribution in [-0.2, 0) is 9.53 Å².